The lowest BCUT2D eigenvalue weighted by Gasteiger charge is -2.50. The number of Topliss-reactive ketones (excluding diaryl/α,β-unsaturated/α-hetero) is 1. The van der Waals surface area contributed by atoms with Gasteiger partial charge in [-0.05, 0) is 61.7 Å². The van der Waals surface area contributed by atoms with Crippen molar-refractivity contribution in [2.75, 3.05) is 40.0 Å². The van der Waals surface area contributed by atoms with Gasteiger partial charge in [0.15, 0.2) is 0 Å². The minimum Gasteiger partial charge on any atom is -0.339 e. The number of amides is 1. The number of ketones is 1. The topological polar surface area (TPSA) is 98.1 Å². The molecule has 0 aliphatic carbocycles. The Morgan fingerprint density at radius 3 is 2.31 bits per heavy atom. The molecule has 0 saturated carbocycles. The first-order valence-electron chi connectivity index (χ1n) is 12.5. The first-order valence-corrected chi connectivity index (χ1v) is 15.3. The quantitative estimate of drug-likeness (QED) is 0.263. The summed E-state index contributed by atoms with van der Waals surface area (Å²) in [7, 11) is -1.00. The summed E-state index contributed by atoms with van der Waals surface area (Å²) in [6.07, 6.45) is 3.78. The van der Waals surface area contributed by atoms with E-state index in [0.717, 1.165) is 10.1 Å². The van der Waals surface area contributed by atoms with E-state index >= 15 is 0 Å². The maximum atomic E-state index is 13.8. The molecule has 2 aliphatic rings. The van der Waals surface area contributed by atoms with Crippen molar-refractivity contribution in [3.63, 3.8) is 0 Å². The van der Waals surface area contributed by atoms with Crippen molar-refractivity contribution in [3.05, 3.63) is 65.0 Å². The van der Waals surface area contributed by atoms with Gasteiger partial charge >= 0.3 is 5.92 Å². The fourth-order valence-electron chi connectivity index (χ4n) is 5.43. The van der Waals surface area contributed by atoms with Crippen LogP contribution in [0.5, 0.6) is 0 Å². The van der Waals surface area contributed by atoms with Crippen LogP contribution in [0.25, 0.3) is 0 Å². The van der Waals surface area contributed by atoms with Crippen LogP contribution in [-0.4, -0.2) is 85.1 Å². The molecule has 2 aromatic rings. The van der Waals surface area contributed by atoms with E-state index in [1.54, 1.807) is 27.7 Å². The second-order valence-corrected chi connectivity index (χ2v) is 14.2. The van der Waals surface area contributed by atoms with E-state index in [0.29, 0.717) is 51.5 Å². The van der Waals surface area contributed by atoms with Crippen LogP contribution in [0.15, 0.2) is 52.9 Å². The first-order chi connectivity index (χ1) is 18.1. The van der Waals surface area contributed by atoms with Gasteiger partial charge in [-0.25, -0.2) is 0 Å². The number of hydrogen-bond acceptors (Lipinski definition) is 6. The van der Waals surface area contributed by atoms with Crippen molar-refractivity contribution in [1.29, 1.82) is 0 Å². The zero-order valence-electron chi connectivity index (χ0n) is 22.4. The van der Waals surface area contributed by atoms with Gasteiger partial charge in [0.1, 0.15) is 0 Å². The number of likely N-dealkylation sites (tertiary alicyclic amines) is 1. The summed E-state index contributed by atoms with van der Waals surface area (Å²) in [5.41, 5.74) is 3.43. The molecular formula is C26H35F2N5O4S2. The van der Waals surface area contributed by atoms with E-state index in [9.17, 15) is 27.1 Å². The Bertz CT molecular complexity index is 1360. The maximum Gasteiger partial charge on any atom is 0.308 e. The minimum absolute atomic E-state index is 0.0147. The van der Waals surface area contributed by atoms with Crippen molar-refractivity contribution in [1.82, 2.24) is 24.2 Å². The molecule has 4 rings (SSSR count). The lowest BCUT2D eigenvalue weighted by Crippen LogP contribution is -2.56. The number of fused-ring (bicyclic) bond motifs is 2. The van der Waals surface area contributed by atoms with Crippen molar-refractivity contribution < 1.29 is 27.1 Å². The molecule has 0 atom stereocenters. The maximum absolute atomic E-state index is 13.8. The highest BCUT2D eigenvalue weighted by atomic mass is 32.3. The largest absolute Gasteiger partial charge is 0.339 e. The number of hydrogen-bond donors (Lipinski definition) is 3. The number of piperidine rings is 1. The van der Waals surface area contributed by atoms with Crippen LogP contribution >= 0.6 is 12.6 Å². The normalized spacial score (nSPS) is 19.2. The molecule has 13 heteroatoms. The van der Waals surface area contributed by atoms with Crippen LogP contribution in [-0.2, 0) is 21.6 Å². The fraction of sp³-hybridized carbons (Fsp3) is 0.462. The zero-order valence-corrected chi connectivity index (χ0v) is 24.1. The molecule has 1 saturated heterocycles. The fourth-order valence-corrected chi connectivity index (χ4v) is 6.88. The number of aromatic nitrogens is 1. The number of nitrogens with one attached hydrogen (secondary N) is 1. The molecule has 214 valence electrons. The molecule has 3 heterocycles. The minimum atomic E-state index is -4.42. The molecule has 1 amide bonds. The zero-order chi connectivity index (χ0) is 28.8. The lowest BCUT2D eigenvalue weighted by atomic mass is 9.81. The molecule has 1 aromatic carbocycles. The molecule has 39 heavy (non-hydrogen) atoms. The summed E-state index contributed by atoms with van der Waals surface area (Å²) < 4.78 is 54.7. The molecule has 1 spiro atoms. The van der Waals surface area contributed by atoms with E-state index in [1.165, 1.54) is 43.1 Å². The van der Waals surface area contributed by atoms with Gasteiger partial charge in [0.05, 0.1) is 16.1 Å². The Morgan fingerprint density at radius 2 is 1.74 bits per heavy atom. The molecule has 2 N–H and O–H groups in total. The summed E-state index contributed by atoms with van der Waals surface area (Å²) in [5.74, 6) is -4.84. The van der Waals surface area contributed by atoms with Crippen molar-refractivity contribution in [2.24, 2.45) is 0 Å². The molecule has 9 nitrogen and oxygen atoms in total. The van der Waals surface area contributed by atoms with E-state index in [-0.39, 0.29) is 16.5 Å². The average Bonchev–Trinajstić information content (AvgIpc) is 3.33. The molecule has 0 bridgehead atoms. The smallest absolute Gasteiger partial charge is 0.308 e. The SMILES string of the molecule is CN1CCn2c(C(=O)C(C)(F)F)ccc2C12CCN(C(=O)c1ccc(S(C)(=O)(O)N(C)N/C=C\S)cc1)CC2. The number of rotatable bonds is 7. The van der Waals surface area contributed by atoms with Crippen LogP contribution in [0.1, 0.15) is 46.3 Å². The Hall–Kier alpha value is -2.58. The van der Waals surface area contributed by atoms with Gasteiger partial charge in [0, 0.05) is 63.9 Å². The summed E-state index contributed by atoms with van der Waals surface area (Å²) in [4.78, 5) is 29.7. The lowest BCUT2D eigenvalue weighted by molar-refractivity contribution is 0.00975. The van der Waals surface area contributed by atoms with Crippen LogP contribution in [0.4, 0.5) is 8.78 Å². The van der Waals surface area contributed by atoms with Gasteiger partial charge in [-0.15, -0.1) is 26.6 Å². The second kappa shape index (κ2) is 10.1. The standard InChI is InChI=1S/C26H35F2N5O4S2/c1-25(27,28)23(34)21-9-10-22-26(30(2)16-17-33(21)22)11-14-32(15-12-26)24(35)19-5-7-20(8-6-19)39(4,36,37)31(3)29-13-18-38/h5-10,13,18,29,38H,11-12,14-17H2,1-4H3,(H,36,37)/b18-13-. The molecule has 2 aliphatic heterocycles. The number of hydrazine groups is 1. The van der Waals surface area contributed by atoms with Crippen LogP contribution < -0.4 is 5.43 Å². The van der Waals surface area contributed by atoms with Gasteiger partial charge in [-0.3, -0.25) is 19.0 Å². The summed E-state index contributed by atoms with van der Waals surface area (Å²) in [5, 5.41) is 1.40. The predicted molar refractivity (Wildman–Crippen MR) is 149 cm³/mol. The van der Waals surface area contributed by atoms with Crippen LogP contribution in [0.2, 0.25) is 0 Å². The van der Waals surface area contributed by atoms with E-state index in [1.807, 2.05) is 7.05 Å². The Kier molecular flexibility index (Phi) is 7.62. The summed E-state index contributed by atoms with van der Waals surface area (Å²) in [6.45, 7) is 2.51. The number of alkyl halides is 2. The Morgan fingerprint density at radius 1 is 1.13 bits per heavy atom. The first kappa shape index (κ1) is 29.4. The number of carbonyl (C=O) groups is 2. The highest BCUT2D eigenvalue weighted by Gasteiger charge is 2.46. The second-order valence-electron chi connectivity index (χ2n) is 10.4. The third kappa shape index (κ3) is 5.18. The van der Waals surface area contributed by atoms with Gasteiger partial charge in [-0.1, -0.05) is 0 Å². The van der Waals surface area contributed by atoms with Gasteiger partial charge in [-0.2, -0.15) is 13.0 Å². The molecule has 1 aromatic heterocycles. The van der Waals surface area contributed by atoms with Gasteiger partial charge < -0.3 is 14.9 Å². The molecule has 0 unspecified atom stereocenters. The monoisotopic (exact) mass is 583 g/mol. The summed E-state index contributed by atoms with van der Waals surface area (Å²) in [6, 6.07) is 9.27. The Balaban J connectivity index is 1.51. The molecule has 1 fully saturated rings. The van der Waals surface area contributed by atoms with Crippen LogP contribution in [0, 0.1) is 0 Å². The number of benzene rings is 1. The van der Waals surface area contributed by atoms with E-state index in [4.69, 9.17) is 0 Å². The molecule has 0 radical (unpaired) electrons. The number of nitrogens with zero attached hydrogens (tertiary/aromatic N) is 4. The third-order valence-electron chi connectivity index (χ3n) is 7.98. The predicted octanol–water partition coefficient (Wildman–Crippen LogP) is 3.44. The highest BCUT2D eigenvalue weighted by Crippen LogP contribution is 2.42. The third-order valence-corrected chi connectivity index (χ3v) is 10.9. The number of carbonyl (C=O) groups excluding carboxylic acids is 2. The van der Waals surface area contributed by atoms with Crippen molar-refractivity contribution in [3.8, 4) is 0 Å². The van der Waals surface area contributed by atoms with Crippen molar-refractivity contribution >= 4 is 33.9 Å². The number of thiol groups is 1. The van der Waals surface area contributed by atoms with Crippen molar-refractivity contribution in [2.45, 2.75) is 42.7 Å². The van der Waals surface area contributed by atoms with Gasteiger partial charge in [0.2, 0.25) is 5.78 Å². The Labute approximate surface area is 232 Å². The van der Waals surface area contributed by atoms with Gasteiger partial charge in [0.25, 0.3) is 5.91 Å². The van der Waals surface area contributed by atoms with E-state index in [2.05, 4.69) is 23.0 Å². The van der Waals surface area contributed by atoms with Crippen LogP contribution in [0.3, 0.4) is 0 Å². The number of likely N-dealkylation sites (N-methyl/N-ethyl adjacent to an activating group) is 1. The average molecular weight is 584 g/mol. The van der Waals surface area contributed by atoms with E-state index < -0.39 is 26.8 Å². The highest BCUT2D eigenvalue weighted by molar-refractivity contribution is 8.12. The summed E-state index contributed by atoms with van der Waals surface area (Å²) >= 11 is 3.93. The molecular weight excluding hydrogens is 548 g/mol. The number of halogens is 2.